The van der Waals surface area contributed by atoms with E-state index < -0.39 is 24.0 Å². The van der Waals surface area contributed by atoms with Crippen molar-refractivity contribution in [3.8, 4) is 0 Å². The van der Waals surface area contributed by atoms with E-state index in [1.54, 1.807) is 13.8 Å². The zero-order valence-electron chi connectivity index (χ0n) is 19.4. The summed E-state index contributed by atoms with van der Waals surface area (Å²) < 4.78 is 9.86. The second kappa shape index (κ2) is 11.4. The number of carbonyl (C=O) groups is 2. The fourth-order valence-electron chi connectivity index (χ4n) is 2.42. The topological polar surface area (TPSA) is 73.9 Å². The van der Waals surface area contributed by atoms with Gasteiger partial charge in [-0.3, -0.25) is 4.79 Å². The van der Waals surface area contributed by atoms with E-state index in [2.05, 4.69) is 52.3 Å². The molecule has 6 heteroatoms. The van der Waals surface area contributed by atoms with Crippen molar-refractivity contribution in [1.29, 1.82) is 0 Å². The Morgan fingerprint density at radius 2 is 1.54 bits per heavy atom. The Kier molecular flexibility index (Phi) is 10.8. The highest BCUT2D eigenvalue weighted by atomic mass is 16.8. The first-order chi connectivity index (χ1) is 12.7. The Morgan fingerprint density at radius 1 is 0.964 bits per heavy atom. The lowest BCUT2D eigenvalue weighted by Crippen LogP contribution is -2.41. The third-order valence-electron chi connectivity index (χ3n) is 4.96. The number of nitrogens with one attached hydrogen (secondary N) is 1. The molecule has 0 aliphatic heterocycles. The maximum Gasteiger partial charge on any atom is 0.530 e. The van der Waals surface area contributed by atoms with E-state index in [-0.39, 0.29) is 11.3 Å². The molecule has 3 atom stereocenters. The van der Waals surface area contributed by atoms with Gasteiger partial charge in [0.1, 0.15) is 0 Å². The van der Waals surface area contributed by atoms with Crippen LogP contribution in [0.15, 0.2) is 12.2 Å². The molecule has 3 unspecified atom stereocenters. The zero-order chi connectivity index (χ0) is 22.1. The van der Waals surface area contributed by atoms with Crippen molar-refractivity contribution in [3.63, 3.8) is 0 Å². The smallest absolute Gasteiger partial charge is 0.425 e. The van der Waals surface area contributed by atoms with Gasteiger partial charge in [0.15, 0.2) is 0 Å². The summed E-state index contributed by atoms with van der Waals surface area (Å²) in [7, 11) is 0. The molecule has 28 heavy (non-hydrogen) atoms. The summed E-state index contributed by atoms with van der Waals surface area (Å²) >= 11 is 0. The van der Waals surface area contributed by atoms with Crippen LogP contribution in [0.5, 0.6) is 0 Å². The maximum absolute atomic E-state index is 11.7. The molecule has 0 spiro atoms. The van der Waals surface area contributed by atoms with Crippen LogP contribution < -0.4 is 5.48 Å². The van der Waals surface area contributed by atoms with Crippen LogP contribution in [0, 0.1) is 23.2 Å². The van der Waals surface area contributed by atoms with Crippen LogP contribution in [0.4, 0.5) is 4.79 Å². The van der Waals surface area contributed by atoms with E-state index in [1.165, 1.54) is 6.92 Å². The molecular weight excluding hydrogens is 358 g/mol. The Bertz CT molecular complexity index is 520. The van der Waals surface area contributed by atoms with Gasteiger partial charge in [-0.05, 0) is 43.9 Å². The average Bonchev–Trinajstić information content (AvgIpc) is 2.55. The SMILES string of the molecule is CC(OC(=O)ONC(C)(C)CC/C=C/C(C)C(C)C(C)(C)C)OC(=O)C(C)C. The first-order valence-corrected chi connectivity index (χ1v) is 10.2. The van der Waals surface area contributed by atoms with Gasteiger partial charge in [-0.2, -0.15) is 0 Å². The summed E-state index contributed by atoms with van der Waals surface area (Å²) in [6.45, 7) is 20.1. The Labute approximate surface area is 171 Å². The van der Waals surface area contributed by atoms with E-state index in [1.807, 2.05) is 13.8 Å². The molecule has 0 heterocycles. The van der Waals surface area contributed by atoms with Crippen molar-refractivity contribution in [2.24, 2.45) is 23.2 Å². The molecule has 0 saturated carbocycles. The van der Waals surface area contributed by atoms with Crippen LogP contribution in [0.25, 0.3) is 0 Å². The van der Waals surface area contributed by atoms with Crippen LogP contribution in [-0.4, -0.2) is 24.0 Å². The lowest BCUT2D eigenvalue weighted by Gasteiger charge is -2.31. The summed E-state index contributed by atoms with van der Waals surface area (Å²) in [5.74, 6) is 0.355. The fraction of sp³-hybridized carbons (Fsp3) is 0.818. The number of carbonyl (C=O) groups excluding carboxylic acids is 2. The summed E-state index contributed by atoms with van der Waals surface area (Å²) in [6.07, 6.45) is 4.16. The van der Waals surface area contributed by atoms with Gasteiger partial charge in [-0.1, -0.05) is 60.6 Å². The van der Waals surface area contributed by atoms with Gasteiger partial charge in [-0.15, -0.1) is 5.48 Å². The van der Waals surface area contributed by atoms with Gasteiger partial charge in [0, 0.05) is 12.5 Å². The van der Waals surface area contributed by atoms with E-state index in [4.69, 9.17) is 14.3 Å². The molecule has 0 fully saturated rings. The molecular formula is C22H41NO5. The molecule has 1 N–H and O–H groups in total. The van der Waals surface area contributed by atoms with Gasteiger partial charge >= 0.3 is 12.1 Å². The predicted octanol–water partition coefficient (Wildman–Crippen LogP) is 5.62. The van der Waals surface area contributed by atoms with Gasteiger partial charge in [0.25, 0.3) is 0 Å². The minimum atomic E-state index is -0.999. The maximum atomic E-state index is 11.7. The first kappa shape index (κ1) is 26.4. The zero-order valence-corrected chi connectivity index (χ0v) is 19.4. The molecule has 0 aromatic carbocycles. The fourth-order valence-corrected chi connectivity index (χ4v) is 2.42. The highest BCUT2D eigenvalue weighted by molar-refractivity contribution is 5.71. The molecule has 0 aromatic heterocycles. The molecule has 0 aromatic rings. The lowest BCUT2D eigenvalue weighted by molar-refractivity contribution is -0.173. The van der Waals surface area contributed by atoms with Crippen molar-refractivity contribution in [2.45, 2.75) is 93.9 Å². The van der Waals surface area contributed by atoms with Crippen molar-refractivity contribution in [3.05, 3.63) is 12.2 Å². The van der Waals surface area contributed by atoms with Crippen LogP contribution in [0.3, 0.4) is 0 Å². The minimum Gasteiger partial charge on any atom is -0.425 e. The third-order valence-corrected chi connectivity index (χ3v) is 4.96. The van der Waals surface area contributed by atoms with Crippen molar-refractivity contribution in [1.82, 2.24) is 5.48 Å². The number of ether oxygens (including phenoxy) is 2. The Morgan fingerprint density at radius 3 is 2.04 bits per heavy atom. The van der Waals surface area contributed by atoms with Crippen molar-refractivity contribution in [2.75, 3.05) is 0 Å². The molecule has 0 amide bonds. The lowest BCUT2D eigenvalue weighted by atomic mass is 9.75. The molecule has 0 rings (SSSR count). The van der Waals surface area contributed by atoms with Gasteiger partial charge in [-0.25, -0.2) is 4.79 Å². The second-order valence-electron chi connectivity index (χ2n) is 9.60. The molecule has 6 nitrogen and oxygen atoms in total. The van der Waals surface area contributed by atoms with Crippen LogP contribution in [0.2, 0.25) is 0 Å². The van der Waals surface area contributed by atoms with E-state index >= 15 is 0 Å². The van der Waals surface area contributed by atoms with E-state index in [0.717, 1.165) is 12.8 Å². The standard InChI is InChI=1S/C22H41NO5/c1-15(2)19(24)26-18(5)27-20(25)28-23-22(9,10)14-12-11-13-16(3)17(4)21(6,7)8/h11,13,15-18,23H,12,14H2,1-10H3/b13-11+. The third kappa shape index (κ3) is 11.3. The quantitative estimate of drug-likeness (QED) is 0.222. The van der Waals surface area contributed by atoms with Crippen molar-refractivity contribution >= 4 is 12.1 Å². The number of rotatable bonds is 10. The highest BCUT2D eigenvalue weighted by Gasteiger charge is 2.24. The summed E-state index contributed by atoms with van der Waals surface area (Å²) in [5.41, 5.74) is 2.59. The average molecular weight is 400 g/mol. The Balaban J connectivity index is 4.28. The van der Waals surface area contributed by atoms with Crippen LogP contribution in [-0.2, 0) is 19.1 Å². The molecule has 0 aliphatic rings. The highest BCUT2D eigenvalue weighted by Crippen LogP contribution is 2.32. The first-order valence-electron chi connectivity index (χ1n) is 10.2. The number of esters is 1. The summed E-state index contributed by atoms with van der Waals surface area (Å²) in [5, 5.41) is 0. The molecule has 0 radical (unpaired) electrons. The monoisotopic (exact) mass is 399 g/mol. The largest absolute Gasteiger partial charge is 0.530 e. The number of hydrogen-bond donors (Lipinski definition) is 1. The number of hydroxylamine groups is 1. The van der Waals surface area contributed by atoms with E-state index in [0.29, 0.717) is 11.8 Å². The minimum absolute atomic E-state index is 0.277. The molecule has 0 aliphatic carbocycles. The van der Waals surface area contributed by atoms with Gasteiger partial charge < -0.3 is 14.3 Å². The Hall–Kier alpha value is -1.56. The van der Waals surface area contributed by atoms with E-state index in [9.17, 15) is 9.59 Å². The second-order valence-corrected chi connectivity index (χ2v) is 9.60. The normalized spacial score (nSPS) is 16.0. The number of hydrogen-bond acceptors (Lipinski definition) is 6. The van der Waals surface area contributed by atoms with Gasteiger partial charge in [0.05, 0.1) is 5.92 Å². The molecule has 164 valence electrons. The predicted molar refractivity (Wildman–Crippen MR) is 111 cm³/mol. The van der Waals surface area contributed by atoms with Crippen LogP contribution in [0.1, 0.15) is 82.1 Å². The number of allylic oxidation sites excluding steroid dienone is 2. The molecule has 0 bridgehead atoms. The summed E-state index contributed by atoms with van der Waals surface area (Å²) in [4.78, 5) is 28.1. The van der Waals surface area contributed by atoms with Crippen LogP contribution >= 0.6 is 0 Å². The summed E-state index contributed by atoms with van der Waals surface area (Å²) in [6, 6.07) is 0. The van der Waals surface area contributed by atoms with Crippen molar-refractivity contribution < 1.29 is 23.9 Å². The molecule has 0 saturated heterocycles. The van der Waals surface area contributed by atoms with Gasteiger partial charge in [0.2, 0.25) is 6.29 Å².